The average Bonchev–Trinajstić information content (AvgIpc) is 2.15. The van der Waals surface area contributed by atoms with Crippen molar-refractivity contribution < 1.29 is 0 Å². The lowest BCUT2D eigenvalue weighted by molar-refractivity contribution is 0.223. The molecule has 2 atom stereocenters. The summed E-state index contributed by atoms with van der Waals surface area (Å²) in [6.45, 7) is 12.4. The first-order valence-electron chi connectivity index (χ1n) is 6.20. The molecule has 3 heteroatoms. The van der Waals surface area contributed by atoms with E-state index in [0.29, 0.717) is 12.0 Å². The summed E-state index contributed by atoms with van der Waals surface area (Å²) in [4.78, 5) is 2.24. The van der Waals surface area contributed by atoms with E-state index in [1.54, 1.807) is 0 Å². The number of likely N-dealkylation sites (N-methyl/N-ethyl adjacent to an activating group) is 1. The standard InChI is InChI=1S/C13H27N3/c1-7-12(4)8-16(6)10-13(5,9-14)15-11(2)3/h11-12,15H,7-8,10H2,1-6H3. The molecular formula is C13H27N3. The highest BCUT2D eigenvalue weighted by Gasteiger charge is 2.26. The Kier molecular flexibility index (Phi) is 6.62. The minimum absolute atomic E-state index is 0.335. The molecule has 0 bridgehead atoms. The molecule has 0 saturated heterocycles. The Balaban J connectivity index is 4.26. The van der Waals surface area contributed by atoms with Crippen molar-refractivity contribution in [2.75, 3.05) is 20.1 Å². The second-order valence-electron chi connectivity index (χ2n) is 5.45. The van der Waals surface area contributed by atoms with Gasteiger partial charge in [0.1, 0.15) is 5.54 Å². The van der Waals surface area contributed by atoms with E-state index in [4.69, 9.17) is 0 Å². The molecule has 0 aliphatic rings. The van der Waals surface area contributed by atoms with Crippen molar-refractivity contribution in [3.63, 3.8) is 0 Å². The number of nitriles is 1. The van der Waals surface area contributed by atoms with E-state index in [9.17, 15) is 5.26 Å². The van der Waals surface area contributed by atoms with Gasteiger partial charge in [0.15, 0.2) is 0 Å². The number of rotatable bonds is 7. The fourth-order valence-electron chi connectivity index (χ4n) is 2.02. The second kappa shape index (κ2) is 6.88. The average molecular weight is 225 g/mol. The highest BCUT2D eigenvalue weighted by Crippen LogP contribution is 2.09. The van der Waals surface area contributed by atoms with Gasteiger partial charge in [-0.25, -0.2) is 0 Å². The molecule has 1 N–H and O–H groups in total. The van der Waals surface area contributed by atoms with Crippen LogP contribution in [0.2, 0.25) is 0 Å². The monoisotopic (exact) mass is 225 g/mol. The summed E-state index contributed by atoms with van der Waals surface area (Å²) in [7, 11) is 2.09. The third-order valence-corrected chi connectivity index (χ3v) is 2.76. The summed E-state index contributed by atoms with van der Waals surface area (Å²) in [5.41, 5.74) is -0.448. The van der Waals surface area contributed by atoms with Gasteiger partial charge in [0.05, 0.1) is 6.07 Å². The minimum atomic E-state index is -0.448. The topological polar surface area (TPSA) is 39.1 Å². The van der Waals surface area contributed by atoms with Crippen LogP contribution in [0.4, 0.5) is 0 Å². The first-order valence-corrected chi connectivity index (χ1v) is 6.20. The highest BCUT2D eigenvalue weighted by atomic mass is 15.1. The summed E-state index contributed by atoms with van der Waals surface area (Å²) in [5, 5.41) is 12.6. The van der Waals surface area contributed by atoms with Gasteiger partial charge in [-0.3, -0.25) is 5.32 Å². The Labute approximate surface area is 101 Å². The van der Waals surface area contributed by atoms with Gasteiger partial charge in [0.25, 0.3) is 0 Å². The van der Waals surface area contributed by atoms with Gasteiger partial charge in [-0.05, 0) is 33.7 Å². The van der Waals surface area contributed by atoms with Crippen molar-refractivity contribution >= 4 is 0 Å². The number of nitrogens with one attached hydrogen (secondary N) is 1. The van der Waals surface area contributed by atoms with Gasteiger partial charge >= 0.3 is 0 Å². The first-order chi connectivity index (χ1) is 7.33. The molecule has 2 unspecified atom stereocenters. The summed E-state index contributed by atoms with van der Waals surface area (Å²) in [6, 6.07) is 2.71. The van der Waals surface area contributed by atoms with Gasteiger partial charge in [-0.15, -0.1) is 0 Å². The van der Waals surface area contributed by atoms with Crippen molar-refractivity contribution in [1.82, 2.24) is 10.2 Å². The third kappa shape index (κ3) is 6.09. The van der Waals surface area contributed by atoms with Gasteiger partial charge < -0.3 is 4.90 Å². The molecule has 0 rings (SSSR count). The van der Waals surface area contributed by atoms with Crippen LogP contribution in [0.25, 0.3) is 0 Å². The smallest absolute Gasteiger partial charge is 0.116 e. The van der Waals surface area contributed by atoms with E-state index in [-0.39, 0.29) is 0 Å². The summed E-state index contributed by atoms with van der Waals surface area (Å²) >= 11 is 0. The Morgan fingerprint density at radius 2 is 1.94 bits per heavy atom. The number of nitrogens with zero attached hydrogens (tertiary/aromatic N) is 2. The molecule has 0 aromatic carbocycles. The molecule has 0 aromatic rings. The molecule has 0 radical (unpaired) electrons. The van der Waals surface area contributed by atoms with Crippen LogP contribution < -0.4 is 5.32 Å². The van der Waals surface area contributed by atoms with Crippen LogP contribution in [0, 0.1) is 17.2 Å². The van der Waals surface area contributed by atoms with Gasteiger partial charge in [0.2, 0.25) is 0 Å². The summed E-state index contributed by atoms with van der Waals surface area (Å²) < 4.78 is 0. The maximum Gasteiger partial charge on any atom is 0.116 e. The zero-order valence-electron chi connectivity index (χ0n) is 11.7. The Morgan fingerprint density at radius 3 is 2.31 bits per heavy atom. The molecule has 0 aliphatic heterocycles. The maximum absolute atomic E-state index is 9.24. The van der Waals surface area contributed by atoms with E-state index in [1.807, 2.05) is 6.92 Å². The fraction of sp³-hybridized carbons (Fsp3) is 0.923. The Bertz CT molecular complexity index is 232. The van der Waals surface area contributed by atoms with Crippen LogP contribution in [-0.2, 0) is 0 Å². The molecule has 3 nitrogen and oxygen atoms in total. The van der Waals surface area contributed by atoms with Crippen LogP contribution in [-0.4, -0.2) is 36.6 Å². The fourth-order valence-corrected chi connectivity index (χ4v) is 2.02. The van der Waals surface area contributed by atoms with E-state index >= 15 is 0 Å². The number of hydrogen-bond donors (Lipinski definition) is 1. The van der Waals surface area contributed by atoms with E-state index in [2.05, 4.69) is 51.0 Å². The van der Waals surface area contributed by atoms with Crippen LogP contribution in [0.15, 0.2) is 0 Å². The molecule has 0 fully saturated rings. The Morgan fingerprint density at radius 1 is 1.38 bits per heavy atom. The van der Waals surface area contributed by atoms with Crippen molar-refractivity contribution in [3.05, 3.63) is 0 Å². The zero-order valence-corrected chi connectivity index (χ0v) is 11.7. The lowest BCUT2D eigenvalue weighted by Gasteiger charge is -2.31. The maximum atomic E-state index is 9.24. The molecule has 0 amide bonds. The van der Waals surface area contributed by atoms with Gasteiger partial charge in [-0.1, -0.05) is 20.3 Å². The van der Waals surface area contributed by atoms with Gasteiger partial charge in [0, 0.05) is 19.1 Å². The lowest BCUT2D eigenvalue weighted by atomic mass is 10.0. The minimum Gasteiger partial charge on any atom is -0.303 e. The van der Waals surface area contributed by atoms with Crippen LogP contribution in [0.5, 0.6) is 0 Å². The van der Waals surface area contributed by atoms with Crippen molar-refractivity contribution in [1.29, 1.82) is 5.26 Å². The van der Waals surface area contributed by atoms with Crippen molar-refractivity contribution in [2.45, 2.75) is 52.6 Å². The molecule has 0 heterocycles. The predicted molar refractivity (Wildman–Crippen MR) is 69.2 cm³/mol. The Hall–Kier alpha value is -0.590. The lowest BCUT2D eigenvalue weighted by Crippen LogP contribution is -2.52. The van der Waals surface area contributed by atoms with E-state index < -0.39 is 5.54 Å². The van der Waals surface area contributed by atoms with Gasteiger partial charge in [-0.2, -0.15) is 5.26 Å². The molecule has 0 aliphatic carbocycles. The van der Waals surface area contributed by atoms with Crippen LogP contribution in [0.3, 0.4) is 0 Å². The quantitative estimate of drug-likeness (QED) is 0.722. The molecule has 0 saturated carbocycles. The third-order valence-electron chi connectivity index (χ3n) is 2.76. The van der Waals surface area contributed by atoms with E-state index in [0.717, 1.165) is 13.1 Å². The first kappa shape index (κ1) is 15.4. The zero-order chi connectivity index (χ0) is 12.8. The van der Waals surface area contributed by atoms with E-state index in [1.165, 1.54) is 6.42 Å². The second-order valence-corrected chi connectivity index (χ2v) is 5.45. The molecule has 0 spiro atoms. The highest BCUT2D eigenvalue weighted by molar-refractivity contribution is 5.06. The summed E-state index contributed by atoms with van der Waals surface area (Å²) in [5.74, 6) is 0.687. The summed E-state index contributed by atoms with van der Waals surface area (Å²) in [6.07, 6.45) is 1.19. The SMILES string of the molecule is CCC(C)CN(C)CC(C)(C#N)NC(C)C. The molecule has 0 aromatic heterocycles. The normalized spacial score (nSPS) is 17.2. The van der Waals surface area contributed by atoms with Crippen LogP contribution >= 0.6 is 0 Å². The molecule has 94 valence electrons. The largest absolute Gasteiger partial charge is 0.303 e. The van der Waals surface area contributed by atoms with Crippen molar-refractivity contribution in [3.8, 4) is 6.07 Å². The molecule has 16 heavy (non-hydrogen) atoms. The predicted octanol–water partition coefficient (Wildman–Crippen LogP) is 2.24. The number of hydrogen-bond acceptors (Lipinski definition) is 3. The van der Waals surface area contributed by atoms with Crippen LogP contribution in [0.1, 0.15) is 41.0 Å². The van der Waals surface area contributed by atoms with Crippen molar-refractivity contribution in [2.24, 2.45) is 5.92 Å². The molecular weight excluding hydrogens is 198 g/mol.